The first kappa shape index (κ1) is 38.6. The quantitative estimate of drug-likeness (QED) is 0.167. The first-order valence-electron chi connectivity index (χ1n) is 23.6. The van der Waals surface area contributed by atoms with E-state index in [0.29, 0.717) is 0 Å². The first-order valence-corrected chi connectivity index (χ1v) is 23.6. The van der Waals surface area contributed by atoms with Crippen molar-refractivity contribution in [3.05, 3.63) is 231 Å². The summed E-state index contributed by atoms with van der Waals surface area (Å²) in [6.45, 7) is 0. The Kier molecular flexibility index (Phi) is 8.26. The van der Waals surface area contributed by atoms with E-state index in [0.717, 1.165) is 133 Å². The molecule has 0 fully saturated rings. The molecule has 9 aromatic carbocycles. The van der Waals surface area contributed by atoms with Crippen LogP contribution in [0.25, 0.3) is 144 Å². The van der Waals surface area contributed by atoms with Crippen LogP contribution in [0.15, 0.2) is 239 Å². The topological polar surface area (TPSA) is 61.9 Å². The molecule has 15 rings (SSSR count). The first-order chi connectivity index (χ1) is 34.7. The van der Waals surface area contributed by atoms with Gasteiger partial charge < -0.3 is 18.0 Å². The average Bonchev–Trinajstić information content (AvgIpc) is 4.19. The molecule has 6 nitrogen and oxygen atoms in total. The molecule has 0 aliphatic heterocycles. The molecule has 15 aromatic rings. The third kappa shape index (κ3) is 5.80. The molecule has 0 aliphatic carbocycles. The van der Waals surface area contributed by atoms with Crippen LogP contribution in [0.4, 0.5) is 0 Å². The minimum atomic E-state index is 0.802. The molecule has 0 bridgehead atoms. The zero-order chi connectivity index (χ0) is 45.9. The third-order valence-electron chi connectivity index (χ3n) is 14.1. The summed E-state index contributed by atoms with van der Waals surface area (Å²) in [5.41, 5.74) is 17.8. The third-order valence-corrected chi connectivity index (χ3v) is 14.1. The summed E-state index contributed by atoms with van der Waals surface area (Å²) < 4.78 is 17.5. The SMILES string of the molecule is c1ccc(-c2cc(-c3ccc4c(c3)c3ccccc3n4-c3cccc4oc5ccccc5c34)nc(-c3cccc(-c4ccc5c(c4)c4ccccc4n5-c4cccc5oc6ccccc6c45)n3)c2)cc1. The number of aromatic nitrogens is 4. The van der Waals surface area contributed by atoms with Crippen LogP contribution in [-0.4, -0.2) is 19.1 Å². The lowest BCUT2D eigenvalue weighted by atomic mass is 10.00. The number of hydrogen-bond donors (Lipinski definition) is 0. The maximum Gasteiger partial charge on any atom is 0.137 e. The van der Waals surface area contributed by atoms with Crippen LogP contribution in [0.5, 0.6) is 0 Å². The van der Waals surface area contributed by atoms with E-state index < -0.39 is 0 Å². The van der Waals surface area contributed by atoms with Crippen molar-refractivity contribution < 1.29 is 8.83 Å². The summed E-state index contributed by atoms with van der Waals surface area (Å²) in [6, 6.07) is 81.2. The van der Waals surface area contributed by atoms with Crippen LogP contribution in [0.3, 0.4) is 0 Å². The summed E-state index contributed by atoms with van der Waals surface area (Å²) in [5, 5.41) is 9.06. The fourth-order valence-electron chi connectivity index (χ4n) is 11.0. The molecule has 0 saturated carbocycles. The molecule has 0 atom stereocenters. The van der Waals surface area contributed by atoms with Crippen molar-refractivity contribution in [1.82, 2.24) is 19.1 Å². The van der Waals surface area contributed by atoms with E-state index in [-0.39, 0.29) is 0 Å². The molecule has 0 aliphatic rings. The predicted octanol–water partition coefficient (Wildman–Crippen LogP) is 17.1. The summed E-state index contributed by atoms with van der Waals surface area (Å²) >= 11 is 0. The van der Waals surface area contributed by atoms with Gasteiger partial charge in [0.2, 0.25) is 0 Å². The van der Waals surface area contributed by atoms with Gasteiger partial charge in [-0.25, -0.2) is 9.97 Å². The molecule has 6 heteroatoms. The Morgan fingerprint density at radius 1 is 0.257 bits per heavy atom. The van der Waals surface area contributed by atoms with Crippen LogP contribution >= 0.6 is 0 Å². The molecule has 0 saturated heterocycles. The fourth-order valence-corrected chi connectivity index (χ4v) is 11.0. The van der Waals surface area contributed by atoms with Gasteiger partial charge in [-0.15, -0.1) is 0 Å². The molecule has 0 radical (unpaired) electrons. The van der Waals surface area contributed by atoms with Crippen molar-refractivity contribution in [2.75, 3.05) is 0 Å². The standard InChI is InChI=1S/C64H38N4O2/c1-2-15-39(16-3-1)42-37-51(41-32-34-56-48(36-41)44-18-5-9-24-54(44)68(56)58-26-14-30-62-64(58)46-20-7-11-28-60(46)70-62)66-52(38-42)50-22-12-21-49(65-50)40-31-33-55-47(35-40)43-17-4-8-23-53(43)67(55)57-25-13-29-61-63(57)45-19-6-10-27-59(45)69-61/h1-38H. The van der Waals surface area contributed by atoms with E-state index in [9.17, 15) is 0 Å². The van der Waals surface area contributed by atoms with Gasteiger partial charge in [0.1, 0.15) is 22.3 Å². The number of para-hydroxylation sites is 4. The van der Waals surface area contributed by atoms with Crippen molar-refractivity contribution in [1.29, 1.82) is 0 Å². The van der Waals surface area contributed by atoms with Crippen LogP contribution in [-0.2, 0) is 0 Å². The normalized spacial score (nSPS) is 12.0. The second-order valence-corrected chi connectivity index (χ2v) is 18.1. The summed E-state index contributed by atoms with van der Waals surface area (Å²) in [5.74, 6) is 0. The molecule has 0 spiro atoms. The predicted molar refractivity (Wildman–Crippen MR) is 287 cm³/mol. The van der Waals surface area contributed by atoms with E-state index in [2.05, 4.69) is 215 Å². The highest BCUT2D eigenvalue weighted by molar-refractivity contribution is 6.16. The maximum absolute atomic E-state index is 6.36. The Balaban J connectivity index is 0.872. The van der Waals surface area contributed by atoms with Gasteiger partial charge in [-0.3, -0.25) is 0 Å². The van der Waals surface area contributed by atoms with Gasteiger partial charge in [-0.2, -0.15) is 0 Å². The average molecular weight is 895 g/mol. The molecule has 70 heavy (non-hydrogen) atoms. The lowest BCUT2D eigenvalue weighted by Crippen LogP contribution is -1.96. The van der Waals surface area contributed by atoms with Gasteiger partial charge >= 0.3 is 0 Å². The monoisotopic (exact) mass is 894 g/mol. The van der Waals surface area contributed by atoms with Gasteiger partial charge in [-0.1, -0.05) is 133 Å². The van der Waals surface area contributed by atoms with E-state index in [1.54, 1.807) is 0 Å². The molecule has 0 unspecified atom stereocenters. The Bertz CT molecular complexity index is 4610. The van der Waals surface area contributed by atoms with Gasteiger partial charge in [0.15, 0.2) is 0 Å². The van der Waals surface area contributed by atoms with Gasteiger partial charge in [0.25, 0.3) is 0 Å². The fraction of sp³-hybridized carbons (Fsp3) is 0. The maximum atomic E-state index is 6.36. The van der Waals surface area contributed by atoms with E-state index >= 15 is 0 Å². The zero-order valence-corrected chi connectivity index (χ0v) is 37.5. The second kappa shape index (κ2) is 15.0. The van der Waals surface area contributed by atoms with Crippen molar-refractivity contribution in [3.63, 3.8) is 0 Å². The van der Waals surface area contributed by atoms with Crippen molar-refractivity contribution in [2.45, 2.75) is 0 Å². The number of hydrogen-bond acceptors (Lipinski definition) is 4. The number of fused-ring (bicyclic) bond motifs is 12. The van der Waals surface area contributed by atoms with Gasteiger partial charge in [-0.05, 0) is 108 Å². The molecule has 0 N–H and O–H groups in total. The molecular weight excluding hydrogens is 857 g/mol. The highest BCUT2D eigenvalue weighted by Gasteiger charge is 2.21. The lowest BCUT2D eigenvalue weighted by molar-refractivity contribution is 0.668. The summed E-state index contributed by atoms with van der Waals surface area (Å²) in [7, 11) is 0. The minimum Gasteiger partial charge on any atom is -0.456 e. The number of nitrogens with zero attached hydrogens (tertiary/aromatic N) is 4. The van der Waals surface area contributed by atoms with Gasteiger partial charge in [0.05, 0.1) is 67.0 Å². The Morgan fingerprint density at radius 3 is 1.30 bits per heavy atom. The molecule has 326 valence electrons. The van der Waals surface area contributed by atoms with E-state index in [4.69, 9.17) is 18.8 Å². The number of benzene rings is 9. The van der Waals surface area contributed by atoms with Crippen molar-refractivity contribution >= 4 is 87.5 Å². The Hall–Kier alpha value is -9.52. The van der Waals surface area contributed by atoms with Crippen LogP contribution in [0.1, 0.15) is 0 Å². The number of furan rings is 2. The number of pyridine rings is 2. The molecule has 6 heterocycles. The lowest BCUT2D eigenvalue weighted by Gasteiger charge is -2.12. The Morgan fingerprint density at radius 2 is 0.700 bits per heavy atom. The van der Waals surface area contributed by atoms with Crippen molar-refractivity contribution in [2.24, 2.45) is 0 Å². The van der Waals surface area contributed by atoms with E-state index in [1.165, 1.54) is 10.8 Å². The Labute approximate surface area is 400 Å². The smallest absolute Gasteiger partial charge is 0.137 e. The number of rotatable bonds is 6. The molecular formula is C64H38N4O2. The van der Waals surface area contributed by atoms with Crippen LogP contribution in [0, 0.1) is 0 Å². The second-order valence-electron chi connectivity index (χ2n) is 18.1. The van der Waals surface area contributed by atoms with Crippen LogP contribution < -0.4 is 0 Å². The zero-order valence-electron chi connectivity index (χ0n) is 37.5. The largest absolute Gasteiger partial charge is 0.456 e. The summed E-state index contributed by atoms with van der Waals surface area (Å²) in [6.07, 6.45) is 0. The minimum absolute atomic E-state index is 0.802. The van der Waals surface area contributed by atoms with Gasteiger partial charge in [0, 0.05) is 43.4 Å². The molecule has 0 amide bonds. The summed E-state index contributed by atoms with van der Waals surface area (Å²) in [4.78, 5) is 10.8. The van der Waals surface area contributed by atoms with Crippen molar-refractivity contribution in [3.8, 4) is 56.4 Å². The van der Waals surface area contributed by atoms with E-state index in [1.807, 2.05) is 24.3 Å². The van der Waals surface area contributed by atoms with Crippen LogP contribution in [0.2, 0.25) is 0 Å². The highest BCUT2D eigenvalue weighted by Crippen LogP contribution is 2.42. The molecule has 6 aromatic heterocycles. The highest BCUT2D eigenvalue weighted by atomic mass is 16.3.